The zero-order valence-corrected chi connectivity index (χ0v) is 13.6. The Morgan fingerprint density at radius 3 is 2.57 bits per heavy atom. The highest BCUT2D eigenvalue weighted by atomic mass is 32.2. The number of nitrogens with zero attached hydrogens (tertiary/aromatic N) is 1. The van der Waals surface area contributed by atoms with Crippen LogP contribution in [0.15, 0.2) is 29.2 Å². The molecule has 0 spiro atoms. The highest BCUT2D eigenvalue weighted by Crippen LogP contribution is 2.37. The number of hydrogen-bond acceptors (Lipinski definition) is 3. The maximum Gasteiger partial charge on any atom is 0.253 e. The maximum atomic E-state index is 12.6. The number of likely N-dealkylation sites (tertiary alicyclic amines) is 1. The summed E-state index contributed by atoms with van der Waals surface area (Å²) in [5.74, 6) is 1.31. The molecule has 1 aliphatic heterocycles. The van der Waals surface area contributed by atoms with Crippen LogP contribution in [0.2, 0.25) is 0 Å². The Labute approximate surface area is 131 Å². The second-order valence-corrected chi connectivity index (χ2v) is 8.22. The van der Waals surface area contributed by atoms with Gasteiger partial charge in [0.25, 0.3) is 5.91 Å². The summed E-state index contributed by atoms with van der Waals surface area (Å²) >= 11 is 1.82. The summed E-state index contributed by atoms with van der Waals surface area (Å²) in [6.07, 6.45) is 2.30. The number of amides is 1. The molecule has 1 saturated heterocycles. The van der Waals surface area contributed by atoms with Crippen molar-refractivity contribution in [2.24, 2.45) is 17.6 Å². The quantitative estimate of drug-likeness (QED) is 0.873. The molecular weight excluding hydrogens is 280 g/mol. The fraction of sp³-hybridized carbons (Fsp3) is 0.588. The Bertz CT molecular complexity index is 514. The van der Waals surface area contributed by atoms with Crippen LogP contribution in [0.5, 0.6) is 0 Å². The van der Waals surface area contributed by atoms with E-state index < -0.39 is 0 Å². The van der Waals surface area contributed by atoms with Crippen LogP contribution < -0.4 is 5.73 Å². The zero-order chi connectivity index (χ0) is 15.0. The highest BCUT2D eigenvalue weighted by Gasteiger charge is 2.42. The van der Waals surface area contributed by atoms with Crippen molar-refractivity contribution >= 4 is 17.7 Å². The van der Waals surface area contributed by atoms with Crippen LogP contribution in [0.4, 0.5) is 0 Å². The Balaban J connectivity index is 1.66. The molecule has 1 aliphatic carbocycles. The van der Waals surface area contributed by atoms with Crippen LogP contribution in [0.3, 0.4) is 0 Å². The number of nitrogens with two attached hydrogens (primary N) is 1. The molecule has 1 aromatic rings. The lowest BCUT2D eigenvalue weighted by atomic mass is 9.98. The minimum Gasteiger partial charge on any atom is -0.338 e. The second kappa shape index (κ2) is 6.01. The highest BCUT2D eigenvalue weighted by molar-refractivity contribution is 7.99. The summed E-state index contributed by atoms with van der Waals surface area (Å²) in [7, 11) is 0. The van der Waals surface area contributed by atoms with Crippen molar-refractivity contribution in [3.63, 3.8) is 0 Å². The zero-order valence-electron chi connectivity index (χ0n) is 12.8. The molecule has 1 heterocycles. The van der Waals surface area contributed by atoms with E-state index in [0.29, 0.717) is 17.1 Å². The Morgan fingerprint density at radius 1 is 1.24 bits per heavy atom. The second-order valence-electron chi connectivity index (χ2n) is 6.57. The van der Waals surface area contributed by atoms with E-state index in [4.69, 9.17) is 5.73 Å². The molecular formula is C17H24N2OS. The number of carbonyl (C=O) groups excluding carboxylic acids is 1. The molecule has 0 aromatic heterocycles. The molecule has 2 fully saturated rings. The summed E-state index contributed by atoms with van der Waals surface area (Å²) in [5, 5.41) is 0.561. The average Bonchev–Trinajstić information content (AvgIpc) is 3.01. The van der Waals surface area contributed by atoms with Crippen molar-refractivity contribution in [3.05, 3.63) is 29.8 Å². The standard InChI is InChI=1S/C17H24N2OS/c1-11(2)21-14-6-3-12(4-7-14)17(20)19-9-13-5-8-16(18)15(13)10-19/h3-4,6-7,11,13,15-16H,5,8-10,18H2,1-2H3. The molecule has 114 valence electrons. The van der Waals surface area contributed by atoms with Crippen LogP contribution in [-0.2, 0) is 0 Å². The van der Waals surface area contributed by atoms with E-state index in [9.17, 15) is 4.79 Å². The van der Waals surface area contributed by atoms with Crippen LogP contribution in [-0.4, -0.2) is 35.2 Å². The van der Waals surface area contributed by atoms with Gasteiger partial charge in [-0.3, -0.25) is 4.79 Å². The largest absolute Gasteiger partial charge is 0.338 e. The minimum atomic E-state index is 0.165. The van der Waals surface area contributed by atoms with Gasteiger partial charge in [0, 0.05) is 34.8 Å². The first-order chi connectivity index (χ1) is 10.0. The van der Waals surface area contributed by atoms with Gasteiger partial charge in [-0.05, 0) is 48.9 Å². The lowest BCUT2D eigenvalue weighted by molar-refractivity contribution is 0.0779. The van der Waals surface area contributed by atoms with Crippen molar-refractivity contribution in [1.29, 1.82) is 0 Å². The first-order valence-corrected chi connectivity index (χ1v) is 8.74. The van der Waals surface area contributed by atoms with Gasteiger partial charge in [0.15, 0.2) is 0 Å². The molecule has 4 heteroatoms. The lowest BCUT2D eigenvalue weighted by Gasteiger charge is -2.19. The lowest BCUT2D eigenvalue weighted by Crippen LogP contribution is -2.33. The third kappa shape index (κ3) is 3.11. The van der Waals surface area contributed by atoms with Gasteiger partial charge in [0.05, 0.1) is 0 Å². The molecule has 2 N–H and O–H groups in total. The summed E-state index contributed by atoms with van der Waals surface area (Å²) in [4.78, 5) is 15.8. The van der Waals surface area contributed by atoms with Crippen molar-refractivity contribution < 1.29 is 4.79 Å². The van der Waals surface area contributed by atoms with Crippen LogP contribution in [0, 0.1) is 11.8 Å². The third-order valence-corrected chi connectivity index (χ3v) is 5.69. The van der Waals surface area contributed by atoms with Gasteiger partial charge in [-0.2, -0.15) is 0 Å². The number of hydrogen-bond donors (Lipinski definition) is 1. The number of carbonyl (C=O) groups is 1. The van der Waals surface area contributed by atoms with E-state index in [1.54, 1.807) is 0 Å². The van der Waals surface area contributed by atoms with Gasteiger partial charge in [-0.15, -0.1) is 11.8 Å². The molecule has 1 aromatic carbocycles. The van der Waals surface area contributed by atoms with E-state index in [0.717, 1.165) is 25.1 Å². The van der Waals surface area contributed by atoms with Crippen LogP contribution >= 0.6 is 11.8 Å². The van der Waals surface area contributed by atoms with E-state index in [1.807, 2.05) is 28.8 Å². The van der Waals surface area contributed by atoms with Crippen molar-refractivity contribution in [2.75, 3.05) is 13.1 Å². The smallest absolute Gasteiger partial charge is 0.253 e. The summed E-state index contributed by atoms with van der Waals surface area (Å²) in [6.45, 7) is 6.08. The first-order valence-electron chi connectivity index (χ1n) is 7.86. The maximum absolute atomic E-state index is 12.6. The Kier molecular flexibility index (Phi) is 4.27. The van der Waals surface area contributed by atoms with E-state index in [2.05, 4.69) is 26.0 Å². The molecule has 0 bridgehead atoms. The fourth-order valence-corrected chi connectivity index (χ4v) is 4.44. The molecule has 3 unspecified atom stereocenters. The molecule has 3 rings (SSSR count). The normalized spacial score (nSPS) is 28.2. The number of rotatable bonds is 3. The monoisotopic (exact) mass is 304 g/mol. The SMILES string of the molecule is CC(C)Sc1ccc(C(=O)N2CC3CCC(N)C3C2)cc1. The summed E-state index contributed by atoms with van der Waals surface area (Å²) in [5.41, 5.74) is 6.95. The van der Waals surface area contributed by atoms with Gasteiger partial charge in [0.1, 0.15) is 0 Å². The number of fused-ring (bicyclic) bond motifs is 1. The van der Waals surface area contributed by atoms with Crippen molar-refractivity contribution in [3.8, 4) is 0 Å². The molecule has 21 heavy (non-hydrogen) atoms. The van der Waals surface area contributed by atoms with Gasteiger partial charge in [0.2, 0.25) is 0 Å². The van der Waals surface area contributed by atoms with Crippen LogP contribution in [0.25, 0.3) is 0 Å². The minimum absolute atomic E-state index is 0.165. The van der Waals surface area contributed by atoms with E-state index in [1.165, 1.54) is 11.3 Å². The summed E-state index contributed by atoms with van der Waals surface area (Å²) in [6, 6.07) is 8.32. The molecule has 0 radical (unpaired) electrons. The molecule has 3 nitrogen and oxygen atoms in total. The van der Waals surface area contributed by atoms with E-state index in [-0.39, 0.29) is 11.9 Å². The molecule has 2 aliphatic rings. The predicted molar refractivity (Wildman–Crippen MR) is 87.5 cm³/mol. The number of thioether (sulfide) groups is 1. The molecule has 1 saturated carbocycles. The third-order valence-electron chi connectivity index (χ3n) is 4.67. The summed E-state index contributed by atoms with van der Waals surface area (Å²) < 4.78 is 0. The van der Waals surface area contributed by atoms with Gasteiger partial charge in [-0.25, -0.2) is 0 Å². The molecule has 3 atom stereocenters. The molecule has 1 amide bonds. The van der Waals surface area contributed by atoms with Gasteiger partial charge >= 0.3 is 0 Å². The van der Waals surface area contributed by atoms with Crippen molar-refractivity contribution in [2.45, 2.75) is 42.9 Å². The Morgan fingerprint density at radius 2 is 1.95 bits per heavy atom. The Hall–Kier alpha value is -1.00. The average molecular weight is 304 g/mol. The van der Waals surface area contributed by atoms with Gasteiger partial charge in [-0.1, -0.05) is 13.8 Å². The fourth-order valence-electron chi connectivity index (χ4n) is 3.60. The van der Waals surface area contributed by atoms with E-state index >= 15 is 0 Å². The first kappa shape index (κ1) is 14.9. The topological polar surface area (TPSA) is 46.3 Å². The number of benzene rings is 1. The van der Waals surface area contributed by atoms with Crippen molar-refractivity contribution in [1.82, 2.24) is 4.90 Å². The predicted octanol–water partition coefficient (Wildman–Crippen LogP) is 3.00. The van der Waals surface area contributed by atoms with Gasteiger partial charge < -0.3 is 10.6 Å². The van der Waals surface area contributed by atoms with Crippen LogP contribution in [0.1, 0.15) is 37.0 Å².